The van der Waals surface area contributed by atoms with E-state index in [2.05, 4.69) is 25.1 Å². The highest BCUT2D eigenvalue weighted by molar-refractivity contribution is 7.99. The van der Waals surface area contributed by atoms with Crippen molar-refractivity contribution in [2.24, 2.45) is 0 Å². The fourth-order valence-corrected chi connectivity index (χ4v) is 4.41. The van der Waals surface area contributed by atoms with Gasteiger partial charge >= 0.3 is 12.4 Å². The first kappa shape index (κ1) is 25.6. The van der Waals surface area contributed by atoms with Crippen molar-refractivity contribution in [1.82, 2.24) is 25.1 Å². The summed E-state index contributed by atoms with van der Waals surface area (Å²) in [5, 5.41) is 15.9. The Morgan fingerprint density at radius 2 is 1.55 bits per heavy atom. The fraction of sp³-hybridized carbons (Fsp3) is 0.333. The topological polar surface area (TPSA) is 87.6 Å². The molecule has 6 nitrogen and oxygen atoms in total. The van der Waals surface area contributed by atoms with Crippen LogP contribution >= 0.6 is 35.1 Å². The largest absolute Gasteiger partial charge is 0.416 e. The van der Waals surface area contributed by atoms with E-state index in [1.165, 1.54) is 17.8 Å². The molecule has 0 saturated carbocycles. The summed E-state index contributed by atoms with van der Waals surface area (Å²) in [6.45, 7) is 0.0710. The third-order valence-corrected chi connectivity index (χ3v) is 5.87. The van der Waals surface area contributed by atoms with Crippen LogP contribution in [0.4, 0.5) is 26.3 Å². The number of aliphatic hydroxyl groups excluding tert-OH is 1. The highest BCUT2D eigenvalue weighted by Crippen LogP contribution is 2.38. The summed E-state index contributed by atoms with van der Waals surface area (Å²) in [5.41, 5.74) is -3.33. The second kappa shape index (κ2) is 10.5. The van der Waals surface area contributed by atoms with Crippen molar-refractivity contribution in [1.29, 1.82) is 0 Å². The maximum absolute atomic E-state index is 13.1. The Morgan fingerprint density at radius 3 is 2.15 bits per heavy atom. The van der Waals surface area contributed by atoms with Crippen molar-refractivity contribution in [3.63, 3.8) is 0 Å². The van der Waals surface area contributed by atoms with E-state index in [1.54, 1.807) is 0 Å². The van der Waals surface area contributed by atoms with E-state index in [9.17, 15) is 26.3 Å². The van der Waals surface area contributed by atoms with Crippen LogP contribution in [0.5, 0.6) is 0 Å². The maximum atomic E-state index is 13.1. The number of aromatic nitrogens is 5. The molecule has 2 heterocycles. The predicted octanol–water partition coefficient (Wildman–Crippen LogP) is 5.97. The molecule has 1 aromatic carbocycles. The molecule has 3 rings (SSSR count). The number of thioether (sulfide) groups is 1. The molecule has 0 saturated heterocycles. The molecule has 0 atom stereocenters. The molecule has 2 N–H and O–H groups in total. The van der Waals surface area contributed by atoms with Crippen molar-refractivity contribution < 1.29 is 31.4 Å². The number of aliphatic hydroxyl groups is 1. The van der Waals surface area contributed by atoms with Gasteiger partial charge in [-0.2, -0.15) is 26.3 Å². The number of hydrogen-bond acceptors (Lipinski definition) is 7. The molecular weight excluding hydrogens is 516 g/mol. The first-order chi connectivity index (χ1) is 15.5. The van der Waals surface area contributed by atoms with Gasteiger partial charge in [0.15, 0.2) is 11.0 Å². The summed E-state index contributed by atoms with van der Waals surface area (Å²) in [6, 6.07) is 2.59. The number of H-pyrrole nitrogens is 1. The zero-order valence-corrected chi connectivity index (χ0v) is 18.7. The summed E-state index contributed by atoms with van der Waals surface area (Å²) < 4.78 is 78.6. The minimum absolute atomic E-state index is 0.0157. The van der Waals surface area contributed by atoms with Gasteiger partial charge < -0.3 is 5.11 Å². The zero-order valence-electron chi connectivity index (χ0n) is 16.3. The van der Waals surface area contributed by atoms with E-state index in [4.69, 9.17) is 16.7 Å². The lowest BCUT2D eigenvalue weighted by Gasteiger charge is -2.13. The highest BCUT2D eigenvalue weighted by atomic mass is 35.5. The van der Waals surface area contributed by atoms with Crippen molar-refractivity contribution in [2.75, 3.05) is 12.4 Å². The van der Waals surface area contributed by atoms with Gasteiger partial charge in [-0.25, -0.2) is 15.0 Å². The molecule has 0 aliphatic heterocycles. The Kier molecular flexibility index (Phi) is 8.13. The molecule has 0 amide bonds. The monoisotopic (exact) mass is 529 g/mol. The molecule has 2 aromatic heterocycles. The van der Waals surface area contributed by atoms with Crippen molar-refractivity contribution >= 4 is 35.1 Å². The second-order valence-corrected chi connectivity index (χ2v) is 8.89. The van der Waals surface area contributed by atoms with E-state index in [0.717, 1.165) is 18.2 Å². The predicted molar refractivity (Wildman–Crippen MR) is 110 cm³/mol. The Hall–Kier alpha value is -2.03. The molecule has 15 heteroatoms. The Balaban J connectivity index is 1.84. The first-order valence-electron chi connectivity index (χ1n) is 9.14. The van der Waals surface area contributed by atoms with Gasteiger partial charge in [0.2, 0.25) is 5.16 Å². The summed E-state index contributed by atoms with van der Waals surface area (Å²) in [5.74, 6) is 0.375. The van der Waals surface area contributed by atoms with Gasteiger partial charge in [-0.05, 0) is 42.8 Å². The third-order valence-electron chi connectivity index (χ3n) is 3.96. The van der Waals surface area contributed by atoms with Gasteiger partial charge in [-0.1, -0.05) is 23.4 Å². The number of nitrogens with one attached hydrogen (secondary N) is 1. The molecule has 0 unspecified atom stereocenters. The van der Waals surface area contributed by atoms with Gasteiger partial charge in [0, 0.05) is 24.0 Å². The van der Waals surface area contributed by atoms with Crippen LogP contribution in [0, 0.1) is 0 Å². The van der Waals surface area contributed by atoms with E-state index in [-0.39, 0.29) is 28.8 Å². The normalized spacial score (nSPS) is 12.4. The van der Waals surface area contributed by atoms with E-state index in [0.29, 0.717) is 34.5 Å². The fourth-order valence-electron chi connectivity index (χ4n) is 2.48. The van der Waals surface area contributed by atoms with Crippen LogP contribution < -0.4 is 0 Å². The molecule has 3 aromatic rings. The van der Waals surface area contributed by atoms with Crippen LogP contribution in [0.25, 0.3) is 11.4 Å². The zero-order chi connectivity index (χ0) is 24.2. The van der Waals surface area contributed by atoms with Crippen LogP contribution in [0.15, 0.2) is 39.6 Å². The van der Waals surface area contributed by atoms with Crippen molar-refractivity contribution in [3.05, 3.63) is 40.5 Å². The lowest BCUT2D eigenvalue weighted by Crippen LogP contribution is -2.11. The van der Waals surface area contributed by atoms with Crippen LogP contribution in [0.1, 0.15) is 24.0 Å². The average Bonchev–Trinajstić information content (AvgIpc) is 3.18. The SMILES string of the molecule is OCCCCSc1nc(Cl)cc(Sc2n[nH]c(-c3cc(C(F)(F)F)cc(C(F)(F)F)c3)n2)n1. The highest BCUT2D eigenvalue weighted by Gasteiger charge is 2.37. The number of benzene rings is 1. The minimum atomic E-state index is -4.98. The molecule has 0 radical (unpaired) electrons. The number of unbranched alkanes of at least 4 members (excludes halogenated alkanes) is 1. The van der Waals surface area contributed by atoms with Crippen LogP contribution in [0.2, 0.25) is 5.15 Å². The van der Waals surface area contributed by atoms with Crippen LogP contribution in [0.3, 0.4) is 0 Å². The molecule has 0 fully saturated rings. The minimum Gasteiger partial charge on any atom is -0.396 e. The van der Waals surface area contributed by atoms with Gasteiger partial charge in [0.05, 0.1) is 11.1 Å². The summed E-state index contributed by atoms with van der Waals surface area (Å²) in [6.07, 6.45) is -8.59. The molecule has 0 spiro atoms. The Bertz CT molecular complexity index is 1080. The molecular formula is C18H14ClF6N5OS2. The Morgan fingerprint density at radius 1 is 0.879 bits per heavy atom. The van der Waals surface area contributed by atoms with E-state index >= 15 is 0 Å². The second-order valence-electron chi connectivity index (χ2n) is 6.45. The van der Waals surface area contributed by atoms with Crippen LogP contribution in [-0.2, 0) is 12.4 Å². The van der Waals surface area contributed by atoms with Gasteiger partial charge in [0.25, 0.3) is 0 Å². The molecule has 178 valence electrons. The number of nitrogens with zero attached hydrogens (tertiary/aromatic N) is 4. The lowest BCUT2D eigenvalue weighted by molar-refractivity contribution is -0.143. The summed E-state index contributed by atoms with van der Waals surface area (Å²) in [7, 11) is 0. The number of alkyl halides is 6. The van der Waals surface area contributed by atoms with Crippen molar-refractivity contribution in [2.45, 2.75) is 40.5 Å². The van der Waals surface area contributed by atoms with Gasteiger partial charge in [-0.3, -0.25) is 5.10 Å². The quantitative estimate of drug-likeness (QED) is 0.122. The van der Waals surface area contributed by atoms with Gasteiger partial charge in [-0.15, -0.1) is 5.10 Å². The number of aromatic amines is 1. The maximum Gasteiger partial charge on any atom is 0.416 e. The number of rotatable bonds is 8. The summed E-state index contributed by atoms with van der Waals surface area (Å²) >= 11 is 8.22. The van der Waals surface area contributed by atoms with Gasteiger partial charge in [0.1, 0.15) is 10.2 Å². The van der Waals surface area contributed by atoms with E-state index < -0.39 is 29.0 Å². The smallest absolute Gasteiger partial charge is 0.396 e. The number of hydrogen-bond donors (Lipinski definition) is 2. The first-order valence-corrected chi connectivity index (χ1v) is 11.3. The standard InChI is InChI=1S/C18H14ClF6N5OS2/c19-12-8-13(27-15(26-12)32-4-2-1-3-31)33-16-28-14(29-30-16)9-5-10(17(20,21)22)7-11(6-9)18(23,24)25/h5-8,31H,1-4H2,(H,28,29,30). The lowest BCUT2D eigenvalue weighted by atomic mass is 10.0. The van der Waals surface area contributed by atoms with Crippen LogP contribution in [-0.4, -0.2) is 42.6 Å². The Labute approximate surface area is 196 Å². The molecule has 0 aliphatic rings. The molecule has 33 heavy (non-hydrogen) atoms. The summed E-state index contributed by atoms with van der Waals surface area (Å²) in [4.78, 5) is 12.3. The molecule has 0 aliphatic carbocycles. The van der Waals surface area contributed by atoms with E-state index in [1.807, 2.05) is 0 Å². The molecule has 0 bridgehead atoms. The number of halogens is 7. The third kappa shape index (κ3) is 7.22. The van der Waals surface area contributed by atoms with Crippen molar-refractivity contribution in [3.8, 4) is 11.4 Å². The average molecular weight is 530 g/mol.